The van der Waals surface area contributed by atoms with E-state index in [-0.39, 0.29) is 18.2 Å². The number of carboxylic acid groups (broad SMARTS) is 1. The molecule has 2 aromatic rings. The third-order valence-corrected chi connectivity index (χ3v) is 3.84. The lowest BCUT2D eigenvalue weighted by Gasteiger charge is -2.15. The summed E-state index contributed by atoms with van der Waals surface area (Å²) >= 11 is 1.10. The van der Waals surface area contributed by atoms with E-state index in [1.165, 1.54) is 0 Å². The Morgan fingerprint density at radius 3 is 2.76 bits per heavy atom. The normalized spacial score (nSPS) is 12.5. The van der Waals surface area contributed by atoms with Crippen molar-refractivity contribution in [2.75, 3.05) is 5.75 Å². The van der Waals surface area contributed by atoms with Crippen LogP contribution < -0.4 is 5.73 Å². The summed E-state index contributed by atoms with van der Waals surface area (Å²) < 4.78 is 1.78. The molecule has 3 N–H and O–H groups in total. The van der Waals surface area contributed by atoms with Gasteiger partial charge in [0, 0.05) is 18.2 Å². The molecule has 112 valence electrons. The number of aliphatic carboxylic acids is 1. The van der Waals surface area contributed by atoms with Gasteiger partial charge in [0.2, 0.25) is 5.91 Å². The van der Waals surface area contributed by atoms with Crippen LogP contribution in [0.15, 0.2) is 17.3 Å². The lowest BCUT2D eigenvalue weighted by molar-refractivity contribution is -0.134. The second kappa shape index (κ2) is 6.13. The van der Waals surface area contributed by atoms with Crippen LogP contribution in [-0.2, 0) is 9.59 Å². The van der Waals surface area contributed by atoms with Gasteiger partial charge in [0.15, 0.2) is 10.8 Å². The lowest BCUT2D eigenvalue weighted by Crippen LogP contribution is -2.18. The summed E-state index contributed by atoms with van der Waals surface area (Å²) in [5, 5.41) is 9.35. The molecular formula is C13H16N4O3S. The van der Waals surface area contributed by atoms with Crippen molar-refractivity contribution in [1.29, 1.82) is 0 Å². The number of nitrogens with two attached hydrogens (primary N) is 1. The van der Waals surface area contributed by atoms with Crippen LogP contribution in [0.1, 0.15) is 25.1 Å². The molecule has 0 aliphatic heterocycles. The number of amides is 1. The molecule has 1 amide bonds. The first-order chi connectivity index (χ1) is 9.88. The van der Waals surface area contributed by atoms with Gasteiger partial charge in [-0.15, -0.1) is 0 Å². The summed E-state index contributed by atoms with van der Waals surface area (Å²) in [6, 6.07) is 3.43. The highest BCUT2D eigenvalue weighted by Crippen LogP contribution is 2.28. The largest absolute Gasteiger partial charge is 0.481 e. The van der Waals surface area contributed by atoms with Gasteiger partial charge >= 0.3 is 5.97 Å². The molecule has 0 aliphatic rings. The second-order valence-corrected chi connectivity index (χ2v) is 5.70. The van der Waals surface area contributed by atoms with E-state index in [0.29, 0.717) is 16.3 Å². The van der Waals surface area contributed by atoms with Crippen molar-refractivity contribution in [3.05, 3.63) is 17.8 Å². The number of carbonyl (C=O) groups is 2. The van der Waals surface area contributed by atoms with Crippen LogP contribution >= 0.6 is 11.8 Å². The number of nitrogens with zero attached hydrogens (tertiary/aromatic N) is 3. The molecule has 0 aromatic carbocycles. The first-order valence-electron chi connectivity index (χ1n) is 6.37. The molecule has 2 rings (SSSR count). The van der Waals surface area contributed by atoms with Crippen LogP contribution in [-0.4, -0.2) is 37.3 Å². The van der Waals surface area contributed by atoms with Crippen molar-refractivity contribution in [2.45, 2.75) is 31.5 Å². The zero-order valence-corrected chi connectivity index (χ0v) is 12.6. The molecular weight excluding hydrogens is 292 g/mol. The van der Waals surface area contributed by atoms with Gasteiger partial charge in [-0.2, -0.15) is 0 Å². The third kappa shape index (κ3) is 3.52. The Hall–Kier alpha value is -2.09. The van der Waals surface area contributed by atoms with Crippen LogP contribution in [0.2, 0.25) is 0 Å². The summed E-state index contributed by atoms with van der Waals surface area (Å²) in [5.74, 6) is -1.46. The molecule has 0 radical (unpaired) electrons. The number of aryl methyl sites for hydroxylation is 1. The standard InChI is InChI=1S/C13H16N4O3S/c1-7-3-4-9-12(15-7)17(8(2)5-10(14)18)13(16-9)21-6-11(19)20/h3-4,8H,5-6H2,1-2H3,(H2,14,18)(H,19,20). The zero-order valence-electron chi connectivity index (χ0n) is 11.7. The van der Waals surface area contributed by atoms with Crippen molar-refractivity contribution in [1.82, 2.24) is 14.5 Å². The summed E-state index contributed by atoms with van der Waals surface area (Å²) in [6.45, 7) is 3.69. The lowest BCUT2D eigenvalue weighted by atomic mass is 10.2. The maximum atomic E-state index is 11.2. The molecule has 0 spiro atoms. The monoisotopic (exact) mass is 308 g/mol. The number of hydrogen-bond donors (Lipinski definition) is 2. The second-order valence-electron chi connectivity index (χ2n) is 4.76. The van der Waals surface area contributed by atoms with E-state index < -0.39 is 11.9 Å². The molecule has 0 saturated carbocycles. The first-order valence-corrected chi connectivity index (χ1v) is 7.35. The Bertz CT molecular complexity index is 698. The predicted octanol–water partition coefficient (Wildman–Crippen LogP) is 1.35. The molecule has 2 aromatic heterocycles. The molecule has 7 nitrogen and oxygen atoms in total. The molecule has 2 heterocycles. The maximum Gasteiger partial charge on any atom is 0.313 e. The number of pyridine rings is 1. The Labute approximate surface area is 125 Å². The molecule has 0 fully saturated rings. The average molecular weight is 308 g/mol. The smallest absolute Gasteiger partial charge is 0.313 e. The SMILES string of the molecule is Cc1ccc2nc(SCC(=O)O)n(C(C)CC(N)=O)c2n1. The number of thioether (sulfide) groups is 1. The number of carbonyl (C=O) groups excluding carboxylic acids is 1. The first kappa shape index (κ1) is 15.3. The number of hydrogen-bond acceptors (Lipinski definition) is 5. The number of primary amides is 1. The van der Waals surface area contributed by atoms with E-state index in [4.69, 9.17) is 10.8 Å². The van der Waals surface area contributed by atoms with E-state index in [1.807, 2.05) is 26.0 Å². The topological polar surface area (TPSA) is 111 Å². The van der Waals surface area contributed by atoms with Crippen LogP contribution in [0, 0.1) is 6.92 Å². The van der Waals surface area contributed by atoms with Gasteiger partial charge in [0.25, 0.3) is 0 Å². The Morgan fingerprint density at radius 2 is 2.14 bits per heavy atom. The molecule has 0 saturated heterocycles. The van der Waals surface area contributed by atoms with E-state index in [9.17, 15) is 9.59 Å². The predicted molar refractivity (Wildman–Crippen MR) is 79.1 cm³/mol. The van der Waals surface area contributed by atoms with Crippen LogP contribution in [0.25, 0.3) is 11.2 Å². The molecule has 1 atom stereocenters. The quantitative estimate of drug-likeness (QED) is 0.779. The van der Waals surface area contributed by atoms with Crippen molar-refractivity contribution in [3.8, 4) is 0 Å². The fraction of sp³-hybridized carbons (Fsp3) is 0.385. The third-order valence-electron chi connectivity index (χ3n) is 2.91. The Kier molecular flexibility index (Phi) is 4.46. The average Bonchev–Trinajstić information content (AvgIpc) is 2.73. The van der Waals surface area contributed by atoms with Gasteiger partial charge in [-0.25, -0.2) is 9.97 Å². The molecule has 0 aliphatic carbocycles. The van der Waals surface area contributed by atoms with Gasteiger partial charge in [-0.05, 0) is 26.0 Å². The highest BCUT2D eigenvalue weighted by molar-refractivity contribution is 7.99. The number of imidazole rings is 1. The van der Waals surface area contributed by atoms with Crippen LogP contribution in [0.4, 0.5) is 0 Å². The fourth-order valence-electron chi connectivity index (χ4n) is 2.06. The maximum absolute atomic E-state index is 11.2. The van der Waals surface area contributed by atoms with E-state index in [1.54, 1.807) is 4.57 Å². The summed E-state index contributed by atoms with van der Waals surface area (Å²) in [7, 11) is 0. The Morgan fingerprint density at radius 1 is 1.43 bits per heavy atom. The van der Waals surface area contributed by atoms with Crippen molar-refractivity contribution < 1.29 is 14.7 Å². The number of fused-ring (bicyclic) bond motifs is 1. The van der Waals surface area contributed by atoms with E-state index >= 15 is 0 Å². The van der Waals surface area contributed by atoms with Crippen LogP contribution in [0.5, 0.6) is 0 Å². The summed E-state index contributed by atoms with van der Waals surface area (Å²) in [6.07, 6.45) is 0.141. The van der Waals surface area contributed by atoms with Crippen molar-refractivity contribution in [3.63, 3.8) is 0 Å². The highest BCUT2D eigenvalue weighted by atomic mass is 32.2. The molecule has 1 unspecified atom stereocenters. The van der Waals surface area contributed by atoms with Gasteiger partial charge in [0.1, 0.15) is 5.52 Å². The van der Waals surface area contributed by atoms with Crippen molar-refractivity contribution in [2.24, 2.45) is 5.73 Å². The van der Waals surface area contributed by atoms with Gasteiger partial charge in [0.05, 0.1) is 5.75 Å². The molecule has 0 bridgehead atoms. The molecule has 8 heteroatoms. The molecule has 21 heavy (non-hydrogen) atoms. The van der Waals surface area contributed by atoms with Crippen LogP contribution in [0.3, 0.4) is 0 Å². The van der Waals surface area contributed by atoms with Gasteiger partial charge in [-0.1, -0.05) is 11.8 Å². The Balaban J connectivity index is 2.49. The zero-order chi connectivity index (χ0) is 15.6. The minimum Gasteiger partial charge on any atom is -0.481 e. The van der Waals surface area contributed by atoms with Gasteiger partial charge < -0.3 is 15.4 Å². The van der Waals surface area contributed by atoms with E-state index in [0.717, 1.165) is 17.5 Å². The minimum atomic E-state index is -0.926. The minimum absolute atomic E-state index is 0.106. The van der Waals surface area contributed by atoms with E-state index in [2.05, 4.69) is 9.97 Å². The number of aromatic nitrogens is 3. The summed E-state index contributed by atoms with van der Waals surface area (Å²) in [4.78, 5) is 30.7. The van der Waals surface area contributed by atoms with Crippen molar-refractivity contribution >= 4 is 34.8 Å². The highest BCUT2D eigenvalue weighted by Gasteiger charge is 2.19. The summed E-state index contributed by atoms with van der Waals surface area (Å²) in [5.41, 5.74) is 7.38. The fourth-order valence-corrected chi connectivity index (χ4v) is 2.88. The number of carboxylic acids is 1. The van der Waals surface area contributed by atoms with Gasteiger partial charge in [-0.3, -0.25) is 9.59 Å². The number of rotatable bonds is 6.